The lowest BCUT2D eigenvalue weighted by molar-refractivity contribution is 0.463. The van der Waals surface area contributed by atoms with Crippen LogP contribution in [0.25, 0.3) is 0 Å². The summed E-state index contributed by atoms with van der Waals surface area (Å²) in [6, 6.07) is 9.47. The molecule has 1 saturated carbocycles. The third-order valence-electron chi connectivity index (χ3n) is 4.93. The highest BCUT2D eigenvalue weighted by atomic mass is 35.5. The number of nitrogens with two attached hydrogens (primary N) is 1. The molecule has 1 fully saturated rings. The maximum absolute atomic E-state index is 12.5. The Hall–Kier alpha value is -1.87. The molecule has 0 spiro atoms. The monoisotopic (exact) mass is 439 g/mol. The van der Waals surface area contributed by atoms with Crippen molar-refractivity contribution in [3.8, 4) is 0 Å². The van der Waals surface area contributed by atoms with E-state index in [2.05, 4.69) is 20.3 Å². The van der Waals surface area contributed by atoms with Gasteiger partial charge in [-0.2, -0.15) is 0 Å². The molecule has 7 nitrogen and oxygen atoms in total. The van der Waals surface area contributed by atoms with Crippen LogP contribution in [-0.2, 0) is 16.6 Å². The number of rotatable bonds is 9. The summed E-state index contributed by atoms with van der Waals surface area (Å²) in [7, 11) is -3.59. The number of nitrogens with zero attached hydrogens (tertiary/aromatic N) is 1. The molecule has 29 heavy (non-hydrogen) atoms. The van der Waals surface area contributed by atoms with E-state index >= 15 is 0 Å². The van der Waals surface area contributed by atoms with Gasteiger partial charge in [0.15, 0.2) is 0 Å². The van der Waals surface area contributed by atoms with Crippen molar-refractivity contribution in [3.63, 3.8) is 0 Å². The van der Waals surface area contributed by atoms with E-state index in [0.29, 0.717) is 12.6 Å². The van der Waals surface area contributed by atoms with Crippen LogP contribution in [0.15, 0.2) is 47.6 Å². The van der Waals surface area contributed by atoms with Crippen molar-refractivity contribution in [2.45, 2.75) is 49.6 Å². The number of hydrogen-bond acceptors (Lipinski definition) is 6. The van der Waals surface area contributed by atoms with Crippen LogP contribution in [0.3, 0.4) is 0 Å². The molecule has 0 atom stereocenters. The number of hydrogen-bond donors (Lipinski definition) is 4. The van der Waals surface area contributed by atoms with Crippen LogP contribution in [-0.4, -0.2) is 32.5 Å². The summed E-state index contributed by atoms with van der Waals surface area (Å²) in [5.74, 6) is 0. The van der Waals surface area contributed by atoms with Crippen molar-refractivity contribution in [1.29, 1.82) is 0 Å². The highest BCUT2D eigenvalue weighted by Crippen LogP contribution is 2.29. The minimum Gasteiger partial charge on any atom is -0.381 e. The first-order chi connectivity index (χ1) is 13.6. The summed E-state index contributed by atoms with van der Waals surface area (Å²) in [6.07, 6.45) is 9.52. The molecule has 1 heterocycles. The third kappa shape index (κ3) is 6.85. The molecule has 0 saturated heterocycles. The van der Waals surface area contributed by atoms with Gasteiger partial charge in [0.1, 0.15) is 0 Å². The molecular formula is C20H30ClN5O2S. The van der Waals surface area contributed by atoms with Crippen LogP contribution in [0.2, 0.25) is 0 Å². The van der Waals surface area contributed by atoms with Crippen molar-refractivity contribution < 1.29 is 8.42 Å². The molecule has 0 aliphatic heterocycles. The Morgan fingerprint density at radius 1 is 1.03 bits per heavy atom. The number of nitrogens with one attached hydrogen (secondary N) is 3. The molecule has 1 aliphatic rings. The Bertz CT molecular complexity index is 858. The van der Waals surface area contributed by atoms with Gasteiger partial charge in [-0.1, -0.05) is 19.3 Å². The van der Waals surface area contributed by atoms with Gasteiger partial charge in [0, 0.05) is 38.1 Å². The van der Waals surface area contributed by atoms with Crippen LogP contribution in [0.1, 0.15) is 37.7 Å². The Labute approximate surface area is 179 Å². The lowest BCUT2D eigenvalue weighted by atomic mass is 9.95. The fourth-order valence-electron chi connectivity index (χ4n) is 3.40. The van der Waals surface area contributed by atoms with Crippen molar-refractivity contribution in [2.75, 3.05) is 23.7 Å². The van der Waals surface area contributed by atoms with Crippen LogP contribution < -0.4 is 21.1 Å². The SMILES string of the molecule is Cl.NCCNS(=O)(=O)c1ccc(NC2CCCCC2)c(NCc2ccncc2)c1. The highest BCUT2D eigenvalue weighted by molar-refractivity contribution is 7.89. The largest absolute Gasteiger partial charge is 0.381 e. The van der Waals surface area contributed by atoms with Crippen LogP contribution in [0.4, 0.5) is 11.4 Å². The zero-order chi connectivity index (χ0) is 19.8. The van der Waals surface area contributed by atoms with Crippen LogP contribution in [0, 0.1) is 0 Å². The van der Waals surface area contributed by atoms with Crippen molar-refractivity contribution >= 4 is 33.8 Å². The van der Waals surface area contributed by atoms with Gasteiger partial charge in [0.05, 0.1) is 16.3 Å². The normalized spacial score (nSPS) is 14.8. The minimum atomic E-state index is -3.59. The summed E-state index contributed by atoms with van der Waals surface area (Å²) < 4.78 is 27.5. The molecular weight excluding hydrogens is 410 g/mol. The second-order valence-electron chi connectivity index (χ2n) is 7.08. The smallest absolute Gasteiger partial charge is 0.240 e. The standard InChI is InChI=1S/C20H29N5O2S.ClH/c21-10-13-24-28(26,27)18-6-7-19(25-17-4-2-1-3-5-17)20(14-18)23-15-16-8-11-22-12-9-16;/h6-9,11-12,14,17,23-25H,1-5,10,13,15,21H2;1H. The predicted molar refractivity (Wildman–Crippen MR) is 120 cm³/mol. The van der Waals surface area contributed by atoms with Gasteiger partial charge in [-0.3, -0.25) is 4.98 Å². The lowest BCUT2D eigenvalue weighted by Crippen LogP contribution is -2.29. The Morgan fingerprint density at radius 3 is 2.45 bits per heavy atom. The third-order valence-corrected chi connectivity index (χ3v) is 6.39. The lowest BCUT2D eigenvalue weighted by Gasteiger charge is -2.25. The van der Waals surface area contributed by atoms with Crippen molar-refractivity contribution in [2.24, 2.45) is 5.73 Å². The van der Waals surface area contributed by atoms with Gasteiger partial charge >= 0.3 is 0 Å². The molecule has 1 aromatic carbocycles. The quantitative estimate of drug-likeness (QED) is 0.478. The Morgan fingerprint density at radius 2 is 1.76 bits per heavy atom. The number of anilines is 2. The van der Waals surface area contributed by atoms with Gasteiger partial charge in [0.25, 0.3) is 0 Å². The molecule has 0 radical (unpaired) electrons. The van der Waals surface area contributed by atoms with Crippen molar-refractivity contribution in [1.82, 2.24) is 9.71 Å². The van der Waals surface area contributed by atoms with E-state index < -0.39 is 10.0 Å². The Kier molecular flexibility index (Phi) is 9.16. The first-order valence-corrected chi connectivity index (χ1v) is 11.3. The van der Waals surface area contributed by atoms with Gasteiger partial charge in [0.2, 0.25) is 10.0 Å². The van der Waals surface area contributed by atoms with Crippen LogP contribution in [0.5, 0.6) is 0 Å². The van der Waals surface area contributed by atoms with Gasteiger partial charge in [-0.15, -0.1) is 12.4 Å². The van der Waals surface area contributed by atoms with E-state index in [4.69, 9.17) is 5.73 Å². The van der Waals surface area contributed by atoms with Gasteiger partial charge < -0.3 is 16.4 Å². The number of halogens is 1. The number of benzene rings is 1. The predicted octanol–water partition coefficient (Wildman–Crippen LogP) is 3.10. The zero-order valence-electron chi connectivity index (χ0n) is 16.4. The van der Waals surface area contributed by atoms with E-state index in [9.17, 15) is 8.42 Å². The summed E-state index contributed by atoms with van der Waals surface area (Å²) in [4.78, 5) is 4.26. The molecule has 9 heteroatoms. The molecule has 0 bridgehead atoms. The number of pyridine rings is 1. The molecule has 1 aliphatic carbocycles. The maximum atomic E-state index is 12.5. The average molecular weight is 440 g/mol. The molecule has 0 amide bonds. The second-order valence-corrected chi connectivity index (χ2v) is 8.85. The van der Waals surface area contributed by atoms with E-state index in [1.54, 1.807) is 24.5 Å². The maximum Gasteiger partial charge on any atom is 0.240 e. The molecule has 160 valence electrons. The summed E-state index contributed by atoms with van der Waals surface area (Å²) in [6.45, 7) is 1.06. The zero-order valence-corrected chi connectivity index (χ0v) is 18.1. The summed E-state index contributed by atoms with van der Waals surface area (Å²) in [5, 5.41) is 6.98. The molecule has 1 aromatic heterocycles. The molecule has 2 aromatic rings. The average Bonchev–Trinajstić information content (AvgIpc) is 2.73. The van der Waals surface area contributed by atoms with Crippen LogP contribution >= 0.6 is 12.4 Å². The fourth-order valence-corrected chi connectivity index (χ4v) is 4.48. The first-order valence-electron chi connectivity index (χ1n) is 9.81. The molecule has 3 rings (SSSR count). The van der Waals surface area contributed by atoms with E-state index in [0.717, 1.165) is 29.8 Å². The second kappa shape index (κ2) is 11.3. The topological polar surface area (TPSA) is 109 Å². The highest BCUT2D eigenvalue weighted by Gasteiger charge is 2.18. The van der Waals surface area contributed by atoms with E-state index in [-0.39, 0.29) is 30.4 Å². The van der Waals surface area contributed by atoms with Crippen molar-refractivity contribution in [3.05, 3.63) is 48.3 Å². The van der Waals surface area contributed by atoms with Gasteiger partial charge in [-0.05, 0) is 48.7 Å². The first kappa shape index (κ1) is 23.4. The van der Waals surface area contributed by atoms with E-state index in [1.807, 2.05) is 18.2 Å². The summed E-state index contributed by atoms with van der Waals surface area (Å²) in [5.41, 5.74) is 8.21. The summed E-state index contributed by atoms with van der Waals surface area (Å²) >= 11 is 0. The minimum absolute atomic E-state index is 0. The fraction of sp³-hybridized carbons (Fsp3) is 0.450. The number of sulfonamides is 1. The molecule has 5 N–H and O–H groups in total. The molecule has 0 unspecified atom stereocenters. The van der Waals surface area contributed by atoms with Gasteiger partial charge in [-0.25, -0.2) is 13.1 Å². The Balaban J connectivity index is 0.00000300. The van der Waals surface area contributed by atoms with E-state index in [1.165, 1.54) is 19.3 Å². The number of aromatic nitrogens is 1.